The van der Waals surface area contributed by atoms with Gasteiger partial charge in [0.1, 0.15) is 0 Å². The molecule has 1 aliphatic heterocycles. The number of hydrogen-bond acceptors (Lipinski definition) is 4. The first-order valence-corrected chi connectivity index (χ1v) is 8.00. The minimum absolute atomic E-state index is 0.275. The zero-order valence-corrected chi connectivity index (χ0v) is 12.9. The third-order valence-corrected chi connectivity index (χ3v) is 4.57. The maximum Gasteiger partial charge on any atom is 0.179 e. The first-order chi connectivity index (χ1) is 10.2. The minimum atomic E-state index is 0.275. The summed E-state index contributed by atoms with van der Waals surface area (Å²) < 4.78 is 11.3. The molecule has 1 aromatic carbocycles. The van der Waals surface area contributed by atoms with Crippen molar-refractivity contribution in [1.29, 1.82) is 0 Å². The van der Waals surface area contributed by atoms with Crippen molar-refractivity contribution >= 4 is 11.6 Å². The van der Waals surface area contributed by atoms with Gasteiger partial charge in [0.25, 0.3) is 0 Å². The summed E-state index contributed by atoms with van der Waals surface area (Å²) in [7, 11) is 0. The van der Waals surface area contributed by atoms with Crippen molar-refractivity contribution in [3.63, 3.8) is 0 Å². The number of halogens is 1. The van der Waals surface area contributed by atoms with Gasteiger partial charge in [0, 0.05) is 26.1 Å². The lowest BCUT2D eigenvalue weighted by Gasteiger charge is -2.16. The molecule has 0 spiro atoms. The Morgan fingerprint density at radius 1 is 1.24 bits per heavy atom. The molecule has 21 heavy (non-hydrogen) atoms. The topological polar surface area (TPSA) is 50.7 Å². The molecule has 3 rings (SSSR count). The third-order valence-electron chi connectivity index (χ3n) is 4.29. The summed E-state index contributed by atoms with van der Waals surface area (Å²) >= 11 is 6.28. The molecule has 0 bridgehead atoms. The van der Waals surface area contributed by atoms with E-state index in [0.29, 0.717) is 29.4 Å². The van der Waals surface area contributed by atoms with Crippen LogP contribution >= 0.6 is 11.6 Å². The van der Waals surface area contributed by atoms with E-state index in [2.05, 4.69) is 5.32 Å². The number of rotatable bonds is 6. The van der Waals surface area contributed by atoms with Crippen LogP contribution in [0.4, 0.5) is 0 Å². The third kappa shape index (κ3) is 3.62. The van der Waals surface area contributed by atoms with E-state index in [1.54, 1.807) is 0 Å². The smallest absolute Gasteiger partial charge is 0.179 e. The van der Waals surface area contributed by atoms with E-state index in [-0.39, 0.29) is 6.61 Å². The number of benzene rings is 1. The van der Waals surface area contributed by atoms with Crippen LogP contribution in [0.1, 0.15) is 31.2 Å². The number of aliphatic hydroxyl groups is 1. The van der Waals surface area contributed by atoms with Gasteiger partial charge in [0.05, 0.1) is 18.2 Å². The molecular weight excluding hydrogens is 290 g/mol. The average Bonchev–Trinajstić information content (AvgIpc) is 3.23. The van der Waals surface area contributed by atoms with Crippen LogP contribution in [-0.2, 0) is 6.54 Å². The molecule has 1 fully saturated rings. The van der Waals surface area contributed by atoms with Gasteiger partial charge in [-0.05, 0) is 42.4 Å². The standard InChI is InChI=1S/C16H22ClNO3/c17-13-8-12(9-14-15(13)21-7-1-6-20-14)10-18-11-16(2-3-16)4-5-19/h8-9,18-19H,1-7,10-11H2. The summed E-state index contributed by atoms with van der Waals surface area (Å²) in [6, 6.07) is 3.94. The molecule has 0 saturated heterocycles. The Morgan fingerprint density at radius 2 is 2.05 bits per heavy atom. The maximum absolute atomic E-state index is 9.08. The zero-order valence-electron chi connectivity index (χ0n) is 12.2. The largest absolute Gasteiger partial charge is 0.489 e. The summed E-state index contributed by atoms with van der Waals surface area (Å²) in [6.45, 7) is 3.29. The van der Waals surface area contributed by atoms with E-state index in [1.807, 2.05) is 12.1 Å². The highest BCUT2D eigenvalue weighted by atomic mass is 35.5. The van der Waals surface area contributed by atoms with Crippen LogP contribution in [-0.4, -0.2) is 31.5 Å². The van der Waals surface area contributed by atoms with Crippen molar-refractivity contribution in [3.05, 3.63) is 22.7 Å². The van der Waals surface area contributed by atoms with Crippen molar-refractivity contribution in [1.82, 2.24) is 5.32 Å². The lowest BCUT2D eigenvalue weighted by atomic mass is 10.0. The summed E-state index contributed by atoms with van der Waals surface area (Å²) in [5, 5.41) is 13.2. The summed E-state index contributed by atoms with van der Waals surface area (Å²) in [5.74, 6) is 1.41. The van der Waals surface area contributed by atoms with Crippen LogP contribution in [0.25, 0.3) is 0 Å². The first kappa shape index (κ1) is 14.9. The highest BCUT2D eigenvalue weighted by Crippen LogP contribution is 2.48. The Morgan fingerprint density at radius 3 is 2.81 bits per heavy atom. The van der Waals surface area contributed by atoms with E-state index >= 15 is 0 Å². The van der Waals surface area contributed by atoms with Crippen molar-refractivity contribution in [2.75, 3.05) is 26.4 Å². The van der Waals surface area contributed by atoms with Gasteiger partial charge in [-0.3, -0.25) is 0 Å². The van der Waals surface area contributed by atoms with Crippen LogP contribution in [0.5, 0.6) is 11.5 Å². The van der Waals surface area contributed by atoms with E-state index in [1.165, 1.54) is 12.8 Å². The fourth-order valence-corrected chi connectivity index (χ4v) is 3.08. The SMILES string of the molecule is OCCC1(CNCc2cc(Cl)c3c(c2)OCCCO3)CC1. The minimum Gasteiger partial charge on any atom is -0.489 e. The molecule has 0 atom stereocenters. The molecule has 0 unspecified atom stereocenters. The molecular formula is C16H22ClNO3. The van der Waals surface area contributed by atoms with Gasteiger partial charge in [0.2, 0.25) is 0 Å². The second-order valence-electron chi connectivity index (χ2n) is 6.03. The van der Waals surface area contributed by atoms with Gasteiger partial charge in [-0.1, -0.05) is 11.6 Å². The highest BCUT2D eigenvalue weighted by molar-refractivity contribution is 6.32. The predicted octanol–water partition coefficient (Wildman–Crippen LogP) is 2.75. The lowest BCUT2D eigenvalue weighted by molar-refractivity contribution is 0.245. The molecule has 1 saturated carbocycles. The number of ether oxygens (including phenoxy) is 2. The van der Waals surface area contributed by atoms with Gasteiger partial charge in [-0.2, -0.15) is 0 Å². The number of hydrogen-bond donors (Lipinski definition) is 2. The van der Waals surface area contributed by atoms with Gasteiger partial charge < -0.3 is 19.9 Å². The molecule has 0 amide bonds. The summed E-state index contributed by atoms with van der Waals surface area (Å²) in [6.07, 6.45) is 4.19. The molecule has 0 radical (unpaired) electrons. The van der Waals surface area contributed by atoms with Gasteiger partial charge in [-0.15, -0.1) is 0 Å². The Hall–Kier alpha value is -0.970. The number of nitrogens with one attached hydrogen (secondary N) is 1. The van der Waals surface area contributed by atoms with Crippen molar-refractivity contribution in [2.45, 2.75) is 32.2 Å². The second-order valence-corrected chi connectivity index (χ2v) is 6.44. The van der Waals surface area contributed by atoms with E-state index in [0.717, 1.165) is 37.2 Å². The zero-order chi connectivity index (χ0) is 14.7. The molecule has 2 N–H and O–H groups in total. The van der Waals surface area contributed by atoms with E-state index in [9.17, 15) is 0 Å². The molecule has 5 heteroatoms. The van der Waals surface area contributed by atoms with Gasteiger partial charge in [-0.25, -0.2) is 0 Å². The Balaban J connectivity index is 1.61. The van der Waals surface area contributed by atoms with Crippen LogP contribution < -0.4 is 14.8 Å². The first-order valence-electron chi connectivity index (χ1n) is 7.62. The predicted molar refractivity (Wildman–Crippen MR) is 82.1 cm³/mol. The van der Waals surface area contributed by atoms with Gasteiger partial charge >= 0.3 is 0 Å². The van der Waals surface area contributed by atoms with Gasteiger partial charge in [0.15, 0.2) is 11.5 Å². The highest BCUT2D eigenvalue weighted by Gasteiger charge is 2.41. The lowest BCUT2D eigenvalue weighted by Crippen LogP contribution is -2.24. The second kappa shape index (κ2) is 6.42. The van der Waals surface area contributed by atoms with Crippen molar-refractivity contribution in [3.8, 4) is 11.5 Å². The Labute approximate surface area is 130 Å². The summed E-state index contributed by atoms with van der Waals surface area (Å²) in [5.41, 5.74) is 1.42. The number of aliphatic hydroxyl groups excluding tert-OH is 1. The van der Waals surface area contributed by atoms with Crippen LogP contribution in [0.15, 0.2) is 12.1 Å². The maximum atomic E-state index is 9.08. The Bertz CT molecular complexity index is 503. The van der Waals surface area contributed by atoms with Crippen LogP contribution in [0.2, 0.25) is 5.02 Å². The van der Waals surface area contributed by atoms with Crippen molar-refractivity contribution in [2.24, 2.45) is 5.41 Å². The fraction of sp³-hybridized carbons (Fsp3) is 0.625. The summed E-state index contributed by atoms with van der Waals surface area (Å²) in [4.78, 5) is 0. The van der Waals surface area contributed by atoms with Crippen molar-refractivity contribution < 1.29 is 14.6 Å². The average molecular weight is 312 g/mol. The molecule has 116 valence electrons. The van der Waals surface area contributed by atoms with E-state index in [4.69, 9.17) is 26.2 Å². The molecule has 4 nitrogen and oxygen atoms in total. The molecule has 1 heterocycles. The van der Waals surface area contributed by atoms with Crippen LogP contribution in [0.3, 0.4) is 0 Å². The Kier molecular flexibility index (Phi) is 4.57. The molecule has 1 aliphatic carbocycles. The monoisotopic (exact) mass is 311 g/mol. The molecule has 2 aliphatic rings. The van der Waals surface area contributed by atoms with E-state index < -0.39 is 0 Å². The molecule has 0 aromatic heterocycles. The quantitative estimate of drug-likeness (QED) is 0.848. The number of fused-ring (bicyclic) bond motifs is 1. The normalized spacial score (nSPS) is 19.1. The van der Waals surface area contributed by atoms with Crippen LogP contribution in [0, 0.1) is 5.41 Å². The molecule has 1 aromatic rings. The fourth-order valence-electron chi connectivity index (χ4n) is 2.79.